The number of fused-ring (bicyclic) bond motifs is 1. The van der Waals surface area contributed by atoms with Crippen LogP contribution in [0.3, 0.4) is 0 Å². The Balaban J connectivity index is 1.25. The molecule has 3 aliphatic rings. The van der Waals surface area contributed by atoms with Crippen molar-refractivity contribution in [2.45, 2.75) is 45.7 Å². The van der Waals surface area contributed by atoms with Crippen molar-refractivity contribution in [3.8, 4) is 11.3 Å². The summed E-state index contributed by atoms with van der Waals surface area (Å²) in [7, 11) is 0. The van der Waals surface area contributed by atoms with Crippen LogP contribution < -0.4 is 15.8 Å². The molecule has 0 spiro atoms. The van der Waals surface area contributed by atoms with Gasteiger partial charge in [0.2, 0.25) is 0 Å². The lowest BCUT2D eigenvalue weighted by Gasteiger charge is -2.21. The molecular formula is C26H31FN8. The van der Waals surface area contributed by atoms with Gasteiger partial charge in [0.1, 0.15) is 23.8 Å². The predicted octanol–water partition coefficient (Wildman–Crippen LogP) is 4.24. The van der Waals surface area contributed by atoms with Crippen LogP contribution in [0.5, 0.6) is 0 Å². The quantitative estimate of drug-likeness (QED) is 0.506. The van der Waals surface area contributed by atoms with Gasteiger partial charge in [-0.15, -0.1) is 0 Å². The Labute approximate surface area is 204 Å². The third kappa shape index (κ3) is 4.53. The smallest absolute Gasteiger partial charge is 0.152 e. The van der Waals surface area contributed by atoms with E-state index in [-0.39, 0.29) is 5.82 Å². The van der Waals surface area contributed by atoms with E-state index in [1.807, 2.05) is 15.8 Å². The first-order valence-electron chi connectivity index (χ1n) is 12.5. The lowest BCUT2D eigenvalue weighted by atomic mass is 10.1. The molecule has 1 saturated carbocycles. The molecule has 35 heavy (non-hydrogen) atoms. The molecule has 1 aromatic carbocycles. The van der Waals surface area contributed by atoms with Crippen LogP contribution in [0.15, 0.2) is 48.4 Å². The monoisotopic (exact) mass is 474 g/mol. The van der Waals surface area contributed by atoms with Gasteiger partial charge < -0.3 is 5.32 Å². The minimum atomic E-state index is -0.247. The summed E-state index contributed by atoms with van der Waals surface area (Å²) in [5, 5.41) is 10.4. The number of hydrogen-bond donors (Lipinski definition) is 2. The fraction of sp³-hybridized carbons (Fsp3) is 0.423. The molecule has 182 valence electrons. The second kappa shape index (κ2) is 9.05. The molecule has 2 N–H and O–H groups in total. The maximum Gasteiger partial charge on any atom is 0.152 e. The third-order valence-electron chi connectivity index (χ3n) is 7.01. The number of hydrogen-bond acceptors (Lipinski definition) is 7. The summed E-state index contributed by atoms with van der Waals surface area (Å²) in [4.78, 5) is 11.5. The highest BCUT2D eigenvalue weighted by Gasteiger charge is 2.33. The summed E-state index contributed by atoms with van der Waals surface area (Å²) in [6, 6.07) is 8.82. The first-order valence-corrected chi connectivity index (χ1v) is 12.5. The van der Waals surface area contributed by atoms with Gasteiger partial charge in [0, 0.05) is 43.0 Å². The normalized spacial score (nSPS) is 19.8. The largest absolute Gasteiger partial charge is 0.325 e. The van der Waals surface area contributed by atoms with Gasteiger partial charge in [0.15, 0.2) is 5.82 Å². The van der Waals surface area contributed by atoms with Crippen LogP contribution in [0.2, 0.25) is 0 Å². The predicted molar refractivity (Wildman–Crippen MR) is 135 cm³/mol. The number of nitrogens with one attached hydrogen (secondary N) is 2. The van der Waals surface area contributed by atoms with Crippen LogP contribution in [0, 0.1) is 18.7 Å². The number of benzene rings is 1. The number of anilines is 3. The maximum atomic E-state index is 13.5. The molecular weight excluding hydrogens is 443 g/mol. The number of halogens is 1. The molecule has 1 aliphatic carbocycles. The maximum absolute atomic E-state index is 13.5. The van der Waals surface area contributed by atoms with E-state index >= 15 is 0 Å². The number of likely N-dealkylation sites (tertiary alicyclic amines) is 1. The number of hydrazine groups is 1. The highest BCUT2D eigenvalue weighted by molar-refractivity contribution is 5.71. The van der Waals surface area contributed by atoms with Gasteiger partial charge in [-0.1, -0.05) is 6.92 Å². The number of aromatic nitrogens is 4. The van der Waals surface area contributed by atoms with Crippen molar-refractivity contribution >= 4 is 17.5 Å². The van der Waals surface area contributed by atoms with Gasteiger partial charge in [0.25, 0.3) is 0 Å². The van der Waals surface area contributed by atoms with E-state index in [0.717, 1.165) is 54.6 Å². The second-order valence-corrected chi connectivity index (χ2v) is 9.83. The summed E-state index contributed by atoms with van der Waals surface area (Å²) in [6.07, 6.45) is 7.39. The Morgan fingerprint density at radius 3 is 2.74 bits per heavy atom. The third-order valence-corrected chi connectivity index (χ3v) is 7.01. The summed E-state index contributed by atoms with van der Waals surface area (Å²) >= 11 is 0. The topological polar surface area (TPSA) is 74.1 Å². The summed E-state index contributed by atoms with van der Waals surface area (Å²) < 4.78 is 15.5. The van der Waals surface area contributed by atoms with E-state index in [1.165, 1.54) is 37.0 Å². The van der Waals surface area contributed by atoms with Crippen molar-refractivity contribution in [1.29, 1.82) is 0 Å². The van der Waals surface area contributed by atoms with Crippen LogP contribution in [0.25, 0.3) is 11.3 Å². The van der Waals surface area contributed by atoms with Crippen molar-refractivity contribution in [3.05, 3.63) is 59.8 Å². The Kier molecular flexibility index (Phi) is 5.74. The fourth-order valence-corrected chi connectivity index (χ4v) is 4.99. The minimum absolute atomic E-state index is 0.247. The molecule has 6 rings (SSSR count). The molecule has 0 bridgehead atoms. The van der Waals surface area contributed by atoms with E-state index < -0.39 is 0 Å². The van der Waals surface area contributed by atoms with Gasteiger partial charge in [-0.2, -0.15) is 5.10 Å². The van der Waals surface area contributed by atoms with Crippen LogP contribution in [0.4, 0.5) is 21.8 Å². The Bertz CT molecular complexity index is 1250. The second-order valence-electron chi connectivity index (χ2n) is 9.83. The molecule has 3 aromatic rings. The van der Waals surface area contributed by atoms with E-state index in [9.17, 15) is 4.39 Å². The van der Waals surface area contributed by atoms with E-state index in [0.29, 0.717) is 17.8 Å². The standard InChI is InChI=1S/C26H31FN8/c1-3-10-33-13-20-14-34(31-22(20)15-33)24-11-23(28-16-29-24)30-26-17(2)25(19-6-8-21(27)9-7-19)32-35(26)12-18-4-5-18/h6-9,11,14,16,18,22,31H,3-5,10,12-13,15H2,1-2H3,(H,28,29,30). The van der Waals surface area contributed by atoms with Crippen molar-refractivity contribution in [2.24, 2.45) is 5.92 Å². The molecule has 2 aromatic heterocycles. The number of nitrogens with zero attached hydrogens (tertiary/aromatic N) is 6. The summed E-state index contributed by atoms with van der Waals surface area (Å²) in [5.74, 6) is 2.84. The van der Waals surface area contributed by atoms with Gasteiger partial charge in [-0.3, -0.25) is 9.91 Å². The lowest BCUT2D eigenvalue weighted by Crippen LogP contribution is -2.39. The van der Waals surface area contributed by atoms with Gasteiger partial charge in [0.05, 0.1) is 11.7 Å². The lowest BCUT2D eigenvalue weighted by molar-refractivity contribution is 0.328. The molecule has 1 atom stereocenters. The van der Waals surface area contributed by atoms with E-state index in [2.05, 4.69) is 45.7 Å². The van der Waals surface area contributed by atoms with Crippen LogP contribution in [0.1, 0.15) is 31.7 Å². The van der Waals surface area contributed by atoms with Gasteiger partial charge >= 0.3 is 0 Å². The van der Waals surface area contributed by atoms with Crippen LogP contribution >= 0.6 is 0 Å². The van der Waals surface area contributed by atoms with Crippen molar-refractivity contribution in [3.63, 3.8) is 0 Å². The van der Waals surface area contributed by atoms with Crippen molar-refractivity contribution in [2.75, 3.05) is 30.0 Å². The number of rotatable bonds is 8. The average Bonchev–Trinajstić information content (AvgIpc) is 3.35. The zero-order valence-corrected chi connectivity index (χ0v) is 20.2. The minimum Gasteiger partial charge on any atom is -0.325 e. The first-order chi connectivity index (χ1) is 17.1. The molecule has 4 heterocycles. The van der Waals surface area contributed by atoms with Crippen molar-refractivity contribution < 1.29 is 4.39 Å². The van der Waals surface area contributed by atoms with Crippen LogP contribution in [-0.2, 0) is 6.54 Å². The summed E-state index contributed by atoms with van der Waals surface area (Å²) in [6.45, 7) is 8.29. The molecule has 8 nitrogen and oxygen atoms in total. The molecule has 9 heteroatoms. The average molecular weight is 475 g/mol. The fourth-order valence-electron chi connectivity index (χ4n) is 4.99. The molecule has 1 unspecified atom stereocenters. The first kappa shape index (κ1) is 22.2. The summed E-state index contributed by atoms with van der Waals surface area (Å²) in [5.41, 5.74) is 7.75. The SMILES string of the molecule is CCCN1CC2=CN(c3cc(Nc4c(C)c(-c5ccc(F)cc5)nn4CC4CC4)ncn3)NC2C1. The Hall–Kier alpha value is -3.30. The molecule has 2 fully saturated rings. The van der Waals surface area contributed by atoms with E-state index in [4.69, 9.17) is 5.10 Å². The highest BCUT2D eigenvalue weighted by atomic mass is 19.1. The Morgan fingerprint density at radius 1 is 1.17 bits per heavy atom. The molecule has 2 aliphatic heterocycles. The van der Waals surface area contributed by atoms with Crippen molar-refractivity contribution in [1.82, 2.24) is 30.1 Å². The zero-order valence-electron chi connectivity index (χ0n) is 20.2. The van der Waals surface area contributed by atoms with Gasteiger partial charge in [-0.25, -0.2) is 24.5 Å². The Morgan fingerprint density at radius 2 is 2.00 bits per heavy atom. The van der Waals surface area contributed by atoms with Gasteiger partial charge in [-0.05, 0) is 68.5 Å². The van der Waals surface area contributed by atoms with E-state index in [1.54, 1.807) is 18.5 Å². The molecule has 0 amide bonds. The molecule has 0 radical (unpaired) electrons. The van der Waals surface area contributed by atoms with Crippen LogP contribution in [-0.4, -0.2) is 50.3 Å². The highest BCUT2D eigenvalue weighted by Crippen LogP contribution is 2.36. The zero-order chi connectivity index (χ0) is 23.9. The molecule has 1 saturated heterocycles.